The first kappa shape index (κ1) is 11.8. The molecule has 5 nitrogen and oxygen atoms in total. The molecule has 0 saturated carbocycles. The van der Waals surface area contributed by atoms with E-state index in [0.717, 1.165) is 25.0 Å². The van der Waals surface area contributed by atoms with E-state index in [-0.39, 0.29) is 0 Å². The van der Waals surface area contributed by atoms with Crippen molar-refractivity contribution in [3.63, 3.8) is 0 Å². The zero-order chi connectivity index (χ0) is 12.3. The first-order valence-corrected chi connectivity index (χ1v) is 6.13. The van der Waals surface area contributed by atoms with Crippen LogP contribution >= 0.6 is 0 Å². The van der Waals surface area contributed by atoms with Gasteiger partial charge in [0, 0.05) is 12.1 Å². The smallest absolute Gasteiger partial charge is 0.226 e. The molecule has 0 N–H and O–H groups in total. The zero-order valence-electron chi connectivity index (χ0n) is 10.6. The van der Waals surface area contributed by atoms with E-state index in [2.05, 4.69) is 35.2 Å². The fraction of sp³-hybridized carbons (Fsp3) is 0.583. The van der Waals surface area contributed by atoms with E-state index in [0.29, 0.717) is 18.3 Å². The van der Waals surface area contributed by atoms with Crippen molar-refractivity contribution >= 4 is 0 Å². The second-order valence-corrected chi connectivity index (χ2v) is 3.95. The topological polar surface area (TPSA) is 56.7 Å². The first-order valence-electron chi connectivity index (χ1n) is 6.13. The van der Waals surface area contributed by atoms with Crippen molar-refractivity contribution in [3.05, 3.63) is 29.2 Å². The van der Waals surface area contributed by atoms with Crippen LogP contribution in [0.15, 0.2) is 10.6 Å². The predicted octanol–water partition coefficient (Wildman–Crippen LogP) is 2.00. The van der Waals surface area contributed by atoms with Crippen LogP contribution in [0.2, 0.25) is 0 Å². The molecule has 0 aliphatic carbocycles. The largest absolute Gasteiger partial charge is 0.339 e. The van der Waals surface area contributed by atoms with Crippen LogP contribution in [-0.4, -0.2) is 19.9 Å². The van der Waals surface area contributed by atoms with Crippen molar-refractivity contribution in [2.75, 3.05) is 0 Å². The molecule has 92 valence electrons. The van der Waals surface area contributed by atoms with Crippen LogP contribution in [0.25, 0.3) is 0 Å². The summed E-state index contributed by atoms with van der Waals surface area (Å²) in [5.74, 6) is 1.38. The molecule has 0 unspecified atom stereocenters. The van der Waals surface area contributed by atoms with E-state index in [4.69, 9.17) is 4.52 Å². The number of hydrogen-bond donors (Lipinski definition) is 0. The fourth-order valence-electron chi connectivity index (χ4n) is 1.74. The third-order valence-electron chi connectivity index (χ3n) is 2.74. The average Bonchev–Trinajstić information content (AvgIpc) is 2.95. The van der Waals surface area contributed by atoms with Crippen LogP contribution in [0, 0.1) is 0 Å². The minimum Gasteiger partial charge on any atom is -0.339 e. The van der Waals surface area contributed by atoms with Crippen molar-refractivity contribution in [2.24, 2.45) is 0 Å². The molecule has 0 bridgehead atoms. The minimum absolute atomic E-state index is 0.590. The number of hydrogen-bond acceptors (Lipinski definition) is 4. The number of aromatic nitrogens is 4. The van der Waals surface area contributed by atoms with Gasteiger partial charge >= 0.3 is 0 Å². The second-order valence-electron chi connectivity index (χ2n) is 3.95. The van der Waals surface area contributed by atoms with Crippen molar-refractivity contribution in [2.45, 2.75) is 46.6 Å². The molecule has 0 amide bonds. The molecule has 0 saturated heterocycles. The van der Waals surface area contributed by atoms with E-state index in [1.807, 2.05) is 11.6 Å². The van der Waals surface area contributed by atoms with Gasteiger partial charge in [-0.3, -0.25) is 4.68 Å². The number of rotatable bonds is 5. The standard InChI is InChI=1S/C12H18N4O/c1-4-9-7-10(5-2)16(14-9)8-11-13-12(6-3)17-15-11/h7H,4-6,8H2,1-3H3. The van der Waals surface area contributed by atoms with E-state index in [1.54, 1.807) is 0 Å². The Labute approximate surface area is 101 Å². The molecular formula is C12H18N4O. The van der Waals surface area contributed by atoms with E-state index in [9.17, 15) is 0 Å². The fourth-order valence-corrected chi connectivity index (χ4v) is 1.74. The highest BCUT2D eigenvalue weighted by atomic mass is 16.5. The molecular weight excluding hydrogens is 216 g/mol. The lowest BCUT2D eigenvalue weighted by molar-refractivity contribution is 0.374. The van der Waals surface area contributed by atoms with Gasteiger partial charge in [-0.1, -0.05) is 25.9 Å². The lowest BCUT2D eigenvalue weighted by atomic mass is 10.2. The summed E-state index contributed by atoms with van der Waals surface area (Å²) in [6.07, 6.45) is 2.69. The second kappa shape index (κ2) is 5.12. The highest BCUT2D eigenvalue weighted by Crippen LogP contribution is 2.08. The van der Waals surface area contributed by atoms with Gasteiger partial charge in [-0.25, -0.2) is 0 Å². The monoisotopic (exact) mass is 234 g/mol. The van der Waals surface area contributed by atoms with Crippen LogP contribution in [0.4, 0.5) is 0 Å². The van der Waals surface area contributed by atoms with Gasteiger partial charge in [-0.2, -0.15) is 10.1 Å². The van der Waals surface area contributed by atoms with Gasteiger partial charge < -0.3 is 4.52 Å². The molecule has 0 aliphatic heterocycles. The molecule has 0 spiro atoms. The van der Waals surface area contributed by atoms with Gasteiger partial charge in [0.15, 0.2) is 5.82 Å². The minimum atomic E-state index is 0.590. The molecule has 2 rings (SSSR count). The summed E-state index contributed by atoms with van der Waals surface area (Å²) in [6.45, 7) is 6.82. The van der Waals surface area contributed by atoms with Crippen molar-refractivity contribution in [1.82, 2.24) is 19.9 Å². The lowest BCUT2D eigenvalue weighted by Gasteiger charge is -2.01. The third-order valence-corrected chi connectivity index (χ3v) is 2.74. The van der Waals surface area contributed by atoms with Crippen LogP contribution in [0.1, 0.15) is 43.9 Å². The van der Waals surface area contributed by atoms with Gasteiger partial charge in [0.05, 0.1) is 5.69 Å². The van der Waals surface area contributed by atoms with Crippen molar-refractivity contribution in [1.29, 1.82) is 0 Å². The highest BCUT2D eigenvalue weighted by molar-refractivity contribution is 5.11. The van der Waals surface area contributed by atoms with Crippen molar-refractivity contribution < 1.29 is 4.52 Å². The maximum atomic E-state index is 5.09. The molecule has 2 aromatic heterocycles. The molecule has 0 aliphatic rings. The normalized spacial score (nSPS) is 11.0. The Morgan fingerprint density at radius 3 is 2.59 bits per heavy atom. The maximum absolute atomic E-state index is 5.09. The Bertz CT molecular complexity index is 486. The van der Waals surface area contributed by atoms with Gasteiger partial charge in [0.2, 0.25) is 5.89 Å². The van der Waals surface area contributed by atoms with E-state index in [1.165, 1.54) is 5.69 Å². The Morgan fingerprint density at radius 1 is 1.18 bits per heavy atom. The molecule has 2 aromatic rings. The zero-order valence-corrected chi connectivity index (χ0v) is 10.6. The maximum Gasteiger partial charge on any atom is 0.226 e. The highest BCUT2D eigenvalue weighted by Gasteiger charge is 2.09. The summed E-state index contributed by atoms with van der Waals surface area (Å²) in [4.78, 5) is 4.30. The molecule has 2 heterocycles. The summed E-state index contributed by atoms with van der Waals surface area (Å²) >= 11 is 0. The third kappa shape index (κ3) is 2.54. The molecule has 5 heteroatoms. The van der Waals surface area contributed by atoms with Gasteiger partial charge in [-0.05, 0) is 18.9 Å². The van der Waals surface area contributed by atoms with Gasteiger partial charge in [0.25, 0.3) is 0 Å². The van der Waals surface area contributed by atoms with Gasteiger partial charge in [-0.15, -0.1) is 0 Å². The summed E-state index contributed by atoms with van der Waals surface area (Å²) in [6, 6.07) is 2.14. The van der Waals surface area contributed by atoms with Crippen LogP contribution < -0.4 is 0 Å². The summed E-state index contributed by atoms with van der Waals surface area (Å²) < 4.78 is 7.05. The Morgan fingerprint density at radius 2 is 2.00 bits per heavy atom. The Hall–Kier alpha value is -1.65. The quantitative estimate of drug-likeness (QED) is 0.794. The Kier molecular flexibility index (Phi) is 3.56. The Balaban J connectivity index is 2.19. The number of nitrogens with zero attached hydrogens (tertiary/aromatic N) is 4. The van der Waals surface area contributed by atoms with Crippen LogP contribution in [0.3, 0.4) is 0 Å². The molecule has 0 radical (unpaired) electrons. The van der Waals surface area contributed by atoms with E-state index < -0.39 is 0 Å². The van der Waals surface area contributed by atoms with Crippen LogP contribution in [0.5, 0.6) is 0 Å². The molecule has 0 aromatic carbocycles. The molecule has 0 fully saturated rings. The van der Waals surface area contributed by atoms with E-state index >= 15 is 0 Å². The summed E-state index contributed by atoms with van der Waals surface area (Å²) in [5, 5.41) is 8.47. The summed E-state index contributed by atoms with van der Waals surface area (Å²) in [5.41, 5.74) is 2.32. The SMILES string of the molecule is CCc1cc(CC)n(Cc2noc(CC)n2)n1. The average molecular weight is 234 g/mol. The number of aryl methyl sites for hydroxylation is 3. The molecule has 0 atom stereocenters. The van der Waals surface area contributed by atoms with Gasteiger partial charge in [0.1, 0.15) is 6.54 Å². The van der Waals surface area contributed by atoms with Crippen LogP contribution in [-0.2, 0) is 25.8 Å². The first-order chi connectivity index (χ1) is 8.26. The lowest BCUT2D eigenvalue weighted by Crippen LogP contribution is -2.07. The predicted molar refractivity (Wildman–Crippen MR) is 63.8 cm³/mol. The van der Waals surface area contributed by atoms with Crippen molar-refractivity contribution in [3.8, 4) is 0 Å². The summed E-state index contributed by atoms with van der Waals surface area (Å²) in [7, 11) is 0. The molecule has 17 heavy (non-hydrogen) atoms.